The second kappa shape index (κ2) is 6.04. The minimum absolute atomic E-state index is 0.201. The Kier molecular flexibility index (Phi) is 4.55. The average Bonchev–Trinajstić information content (AvgIpc) is 2.60. The fourth-order valence-electron chi connectivity index (χ4n) is 3.07. The lowest BCUT2D eigenvalue weighted by Crippen LogP contribution is -2.47. The van der Waals surface area contributed by atoms with Crippen molar-refractivity contribution in [2.45, 2.75) is 51.5 Å². The van der Waals surface area contributed by atoms with Crippen molar-refractivity contribution >= 4 is 11.7 Å². The van der Waals surface area contributed by atoms with Gasteiger partial charge in [-0.3, -0.25) is 0 Å². The number of rotatable bonds is 3. The molecule has 1 fully saturated rings. The highest BCUT2D eigenvalue weighted by Gasteiger charge is 2.43. The van der Waals surface area contributed by atoms with Gasteiger partial charge in [0.1, 0.15) is 11.4 Å². The predicted molar refractivity (Wildman–Crippen MR) is 81.6 cm³/mol. The molecule has 0 heterocycles. The smallest absolute Gasteiger partial charge is 0.331 e. The minimum atomic E-state index is -0.829. The lowest BCUT2D eigenvalue weighted by Gasteiger charge is -2.32. The molecule has 1 N–H and O–H groups in total. The summed E-state index contributed by atoms with van der Waals surface area (Å²) in [7, 11) is 1.39. The molecular formula is C17H24FNO2. The van der Waals surface area contributed by atoms with Gasteiger partial charge in [0.05, 0.1) is 12.8 Å². The Labute approximate surface area is 125 Å². The normalized spacial score (nSPS) is 25.0. The van der Waals surface area contributed by atoms with Gasteiger partial charge in [-0.15, -0.1) is 0 Å². The number of halogens is 1. The van der Waals surface area contributed by atoms with E-state index in [0.29, 0.717) is 18.5 Å². The van der Waals surface area contributed by atoms with E-state index in [9.17, 15) is 9.18 Å². The van der Waals surface area contributed by atoms with E-state index >= 15 is 0 Å². The number of anilines is 1. The van der Waals surface area contributed by atoms with Crippen LogP contribution >= 0.6 is 0 Å². The number of nitrogens with one attached hydrogen (secondary N) is 1. The van der Waals surface area contributed by atoms with E-state index < -0.39 is 5.54 Å². The Morgan fingerprint density at radius 3 is 2.57 bits per heavy atom. The number of ether oxygens (including phenoxy) is 1. The maximum absolute atomic E-state index is 13.9. The van der Waals surface area contributed by atoms with Crippen LogP contribution in [0.2, 0.25) is 0 Å². The summed E-state index contributed by atoms with van der Waals surface area (Å²) >= 11 is 0. The molecule has 116 valence electrons. The van der Waals surface area contributed by atoms with Crippen molar-refractivity contribution in [2.75, 3.05) is 12.4 Å². The van der Waals surface area contributed by atoms with E-state index in [0.717, 1.165) is 19.3 Å². The number of benzene rings is 1. The Hall–Kier alpha value is -1.58. The molecule has 1 atom stereocenters. The quantitative estimate of drug-likeness (QED) is 0.672. The number of esters is 1. The van der Waals surface area contributed by atoms with Crippen LogP contribution in [0.1, 0.15) is 46.0 Å². The third kappa shape index (κ3) is 3.55. The molecule has 0 spiro atoms. The van der Waals surface area contributed by atoms with E-state index in [1.165, 1.54) is 13.2 Å². The summed E-state index contributed by atoms with van der Waals surface area (Å²) in [5.41, 5.74) is -0.264. The van der Waals surface area contributed by atoms with E-state index in [-0.39, 0.29) is 17.2 Å². The summed E-state index contributed by atoms with van der Waals surface area (Å²) in [6.07, 6.45) is 4.20. The third-order valence-corrected chi connectivity index (χ3v) is 4.51. The minimum Gasteiger partial charge on any atom is -0.467 e. The molecule has 0 aromatic heterocycles. The highest BCUT2D eigenvalue weighted by atomic mass is 19.1. The number of hydrogen-bond acceptors (Lipinski definition) is 3. The van der Waals surface area contributed by atoms with Gasteiger partial charge >= 0.3 is 5.97 Å². The molecule has 1 aliphatic rings. The summed E-state index contributed by atoms with van der Waals surface area (Å²) < 4.78 is 18.9. The van der Waals surface area contributed by atoms with Crippen LogP contribution in [-0.4, -0.2) is 18.6 Å². The van der Waals surface area contributed by atoms with Crippen molar-refractivity contribution in [2.24, 2.45) is 5.41 Å². The fourth-order valence-corrected chi connectivity index (χ4v) is 3.07. The van der Waals surface area contributed by atoms with Crippen molar-refractivity contribution in [1.82, 2.24) is 0 Å². The zero-order chi connectivity index (χ0) is 15.5. The lowest BCUT2D eigenvalue weighted by molar-refractivity contribution is -0.146. The van der Waals surface area contributed by atoms with Crippen LogP contribution in [0.3, 0.4) is 0 Å². The van der Waals surface area contributed by atoms with Crippen molar-refractivity contribution in [3.8, 4) is 0 Å². The first-order valence-corrected chi connectivity index (χ1v) is 7.50. The SMILES string of the molecule is COC(=O)C1(Nc2ccccc2F)CCCC(C)(C)CC1. The van der Waals surface area contributed by atoms with Gasteiger partial charge in [-0.25, -0.2) is 9.18 Å². The molecule has 3 nitrogen and oxygen atoms in total. The second-order valence-corrected chi connectivity index (χ2v) is 6.70. The number of para-hydroxylation sites is 1. The van der Waals surface area contributed by atoms with Gasteiger partial charge in [0.25, 0.3) is 0 Å². The monoisotopic (exact) mass is 293 g/mol. The molecule has 0 saturated heterocycles. The highest BCUT2D eigenvalue weighted by molar-refractivity contribution is 5.84. The van der Waals surface area contributed by atoms with Crippen molar-refractivity contribution < 1.29 is 13.9 Å². The van der Waals surface area contributed by atoms with Crippen LogP contribution in [-0.2, 0) is 9.53 Å². The van der Waals surface area contributed by atoms with Gasteiger partial charge in [0.2, 0.25) is 0 Å². The van der Waals surface area contributed by atoms with Gasteiger partial charge < -0.3 is 10.1 Å². The number of hydrogen-bond donors (Lipinski definition) is 1. The largest absolute Gasteiger partial charge is 0.467 e. The number of methoxy groups -OCH3 is 1. The number of carbonyl (C=O) groups excluding carboxylic acids is 1. The van der Waals surface area contributed by atoms with E-state index in [4.69, 9.17) is 4.74 Å². The van der Waals surface area contributed by atoms with Crippen LogP contribution < -0.4 is 5.32 Å². The molecule has 2 rings (SSSR count). The first kappa shape index (κ1) is 15.8. The molecule has 4 heteroatoms. The van der Waals surface area contributed by atoms with Gasteiger partial charge in [-0.1, -0.05) is 26.0 Å². The maximum Gasteiger partial charge on any atom is 0.331 e. The van der Waals surface area contributed by atoms with E-state index in [1.54, 1.807) is 18.2 Å². The third-order valence-electron chi connectivity index (χ3n) is 4.51. The molecular weight excluding hydrogens is 269 g/mol. The van der Waals surface area contributed by atoms with Gasteiger partial charge in [0, 0.05) is 0 Å². The van der Waals surface area contributed by atoms with Crippen molar-refractivity contribution in [1.29, 1.82) is 0 Å². The first-order valence-electron chi connectivity index (χ1n) is 7.50. The molecule has 0 radical (unpaired) electrons. The van der Waals surface area contributed by atoms with E-state index in [1.807, 2.05) is 0 Å². The van der Waals surface area contributed by atoms with Gasteiger partial charge in [-0.05, 0) is 49.7 Å². The molecule has 0 aliphatic heterocycles. The van der Waals surface area contributed by atoms with Crippen LogP contribution in [0.15, 0.2) is 24.3 Å². The van der Waals surface area contributed by atoms with Gasteiger partial charge in [0.15, 0.2) is 0 Å². The fraction of sp³-hybridized carbons (Fsp3) is 0.588. The predicted octanol–water partition coefficient (Wildman–Crippen LogP) is 4.14. The maximum atomic E-state index is 13.9. The molecule has 0 amide bonds. The Morgan fingerprint density at radius 2 is 1.90 bits per heavy atom. The Balaban J connectivity index is 2.30. The molecule has 1 aromatic carbocycles. The molecule has 1 unspecified atom stereocenters. The standard InChI is InChI=1S/C17H24FNO2/c1-16(2)9-6-10-17(12-11-16,15(20)21-3)19-14-8-5-4-7-13(14)18/h4-5,7-8,19H,6,9-12H2,1-3H3. The Bertz CT molecular complexity index is 515. The molecule has 0 bridgehead atoms. The van der Waals surface area contributed by atoms with Crippen LogP contribution in [0.4, 0.5) is 10.1 Å². The summed E-state index contributed by atoms with van der Waals surface area (Å²) in [5.74, 6) is -0.646. The summed E-state index contributed by atoms with van der Waals surface area (Å²) in [6.45, 7) is 4.42. The average molecular weight is 293 g/mol. The van der Waals surface area contributed by atoms with Crippen LogP contribution in [0, 0.1) is 11.2 Å². The van der Waals surface area contributed by atoms with Crippen LogP contribution in [0.25, 0.3) is 0 Å². The van der Waals surface area contributed by atoms with Gasteiger partial charge in [-0.2, -0.15) is 0 Å². The first-order chi connectivity index (χ1) is 9.88. The van der Waals surface area contributed by atoms with E-state index in [2.05, 4.69) is 19.2 Å². The zero-order valence-electron chi connectivity index (χ0n) is 13.0. The summed E-state index contributed by atoms with van der Waals surface area (Å²) in [4.78, 5) is 12.4. The molecule has 21 heavy (non-hydrogen) atoms. The highest BCUT2D eigenvalue weighted by Crippen LogP contribution is 2.40. The number of carbonyl (C=O) groups is 1. The molecule has 1 aliphatic carbocycles. The zero-order valence-corrected chi connectivity index (χ0v) is 13.0. The topological polar surface area (TPSA) is 38.3 Å². The Morgan fingerprint density at radius 1 is 1.19 bits per heavy atom. The van der Waals surface area contributed by atoms with Crippen molar-refractivity contribution in [3.63, 3.8) is 0 Å². The second-order valence-electron chi connectivity index (χ2n) is 6.70. The summed E-state index contributed by atoms with van der Waals surface area (Å²) in [6, 6.07) is 6.46. The lowest BCUT2D eigenvalue weighted by atomic mass is 9.83. The molecule has 1 aromatic rings. The summed E-state index contributed by atoms with van der Waals surface area (Å²) in [5, 5.41) is 3.14. The van der Waals surface area contributed by atoms with Crippen molar-refractivity contribution in [3.05, 3.63) is 30.1 Å². The van der Waals surface area contributed by atoms with Crippen LogP contribution in [0.5, 0.6) is 0 Å². The molecule has 1 saturated carbocycles.